The first-order valence-corrected chi connectivity index (χ1v) is 9.69. The van der Waals surface area contributed by atoms with E-state index in [0.29, 0.717) is 17.3 Å². The molecule has 1 saturated heterocycles. The van der Waals surface area contributed by atoms with Crippen molar-refractivity contribution in [2.45, 2.75) is 25.0 Å². The number of para-hydroxylation sites is 1. The standard InChI is InChI=1S/C21H25ClN2O4/c22-16-5-7-18(8-6-16)28-19-9-10-24(13-19)12-17(25)14-27-20-4-2-1-3-15(20)11-21(23)26/h1-8,17,19,25H,9-14H2,(H2,23,26)/t17-,19+/m0/s1. The highest BCUT2D eigenvalue weighted by molar-refractivity contribution is 6.30. The molecule has 150 valence electrons. The van der Waals surface area contributed by atoms with Gasteiger partial charge in [-0.25, -0.2) is 0 Å². The Labute approximate surface area is 169 Å². The molecule has 6 nitrogen and oxygen atoms in total. The molecule has 2 aromatic carbocycles. The van der Waals surface area contributed by atoms with Crippen LogP contribution < -0.4 is 15.2 Å². The molecule has 0 aliphatic carbocycles. The maximum Gasteiger partial charge on any atom is 0.221 e. The first kappa shape index (κ1) is 20.5. The molecule has 3 N–H and O–H groups in total. The molecular formula is C21H25ClN2O4. The number of nitrogens with zero attached hydrogens (tertiary/aromatic N) is 1. The van der Waals surface area contributed by atoms with Crippen molar-refractivity contribution in [3.8, 4) is 11.5 Å². The number of β-amino-alcohol motifs (C(OH)–C–C–N with tert-alkyl or cyclic N) is 1. The Bertz CT molecular complexity index is 784. The monoisotopic (exact) mass is 404 g/mol. The summed E-state index contributed by atoms with van der Waals surface area (Å²) in [7, 11) is 0. The van der Waals surface area contributed by atoms with Gasteiger partial charge in [0.2, 0.25) is 5.91 Å². The van der Waals surface area contributed by atoms with Gasteiger partial charge in [-0.05, 0) is 36.8 Å². The lowest BCUT2D eigenvalue weighted by Crippen LogP contribution is -2.35. The number of aliphatic hydroxyl groups excluding tert-OH is 1. The number of aliphatic hydroxyl groups is 1. The van der Waals surface area contributed by atoms with E-state index >= 15 is 0 Å². The van der Waals surface area contributed by atoms with Crippen LogP contribution in [0.25, 0.3) is 0 Å². The van der Waals surface area contributed by atoms with Crippen molar-refractivity contribution >= 4 is 17.5 Å². The van der Waals surface area contributed by atoms with Gasteiger partial charge in [-0.2, -0.15) is 0 Å². The maximum absolute atomic E-state index is 11.2. The quantitative estimate of drug-likeness (QED) is 0.669. The zero-order valence-electron chi connectivity index (χ0n) is 15.6. The number of hydrogen-bond acceptors (Lipinski definition) is 5. The molecule has 1 aliphatic heterocycles. The van der Waals surface area contributed by atoms with E-state index < -0.39 is 12.0 Å². The van der Waals surface area contributed by atoms with Crippen LogP contribution in [0.1, 0.15) is 12.0 Å². The highest BCUT2D eigenvalue weighted by atomic mass is 35.5. The second-order valence-corrected chi connectivity index (χ2v) is 7.39. The number of hydrogen-bond donors (Lipinski definition) is 2. The third-order valence-corrected chi connectivity index (χ3v) is 4.83. The Morgan fingerprint density at radius 2 is 2.00 bits per heavy atom. The molecule has 0 saturated carbocycles. The molecular weight excluding hydrogens is 380 g/mol. The van der Waals surface area contributed by atoms with Gasteiger partial charge >= 0.3 is 0 Å². The molecule has 2 aromatic rings. The maximum atomic E-state index is 11.2. The molecule has 0 bridgehead atoms. The smallest absolute Gasteiger partial charge is 0.221 e. The number of likely N-dealkylation sites (tertiary alicyclic amines) is 1. The molecule has 1 aliphatic rings. The molecule has 1 heterocycles. The lowest BCUT2D eigenvalue weighted by Gasteiger charge is -2.21. The van der Waals surface area contributed by atoms with E-state index in [2.05, 4.69) is 4.90 Å². The van der Waals surface area contributed by atoms with Crippen LogP contribution in [0.3, 0.4) is 0 Å². The second-order valence-electron chi connectivity index (χ2n) is 6.96. The van der Waals surface area contributed by atoms with Crippen molar-refractivity contribution in [3.63, 3.8) is 0 Å². The third-order valence-electron chi connectivity index (χ3n) is 4.58. The highest BCUT2D eigenvalue weighted by Crippen LogP contribution is 2.21. The van der Waals surface area contributed by atoms with E-state index in [9.17, 15) is 9.90 Å². The van der Waals surface area contributed by atoms with E-state index in [0.717, 1.165) is 30.8 Å². The lowest BCUT2D eigenvalue weighted by atomic mass is 10.1. The van der Waals surface area contributed by atoms with Gasteiger partial charge in [0, 0.05) is 30.2 Å². The number of carbonyl (C=O) groups excluding carboxylic acids is 1. The van der Waals surface area contributed by atoms with Crippen LogP contribution in [0.4, 0.5) is 0 Å². The van der Waals surface area contributed by atoms with E-state index in [-0.39, 0.29) is 19.1 Å². The molecule has 0 radical (unpaired) electrons. The van der Waals surface area contributed by atoms with Gasteiger partial charge in [-0.1, -0.05) is 29.8 Å². The Hall–Kier alpha value is -2.28. The van der Waals surface area contributed by atoms with Crippen LogP contribution in [0.15, 0.2) is 48.5 Å². The van der Waals surface area contributed by atoms with E-state index in [1.807, 2.05) is 24.3 Å². The molecule has 3 rings (SSSR count). The number of primary amides is 1. The highest BCUT2D eigenvalue weighted by Gasteiger charge is 2.25. The van der Waals surface area contributed by atoms with E-state index in [4.69, 9.17) is 26.8 Å². The Kier molecular flexibility index (Phi) is 7.14. The number of benzene rings is 2. The van der Waals surface area contributed by atoms with Crippen molar-refractivity contribution in [2.75, 3.05) is 26.2 Å². The van der Waals surface area contributed by atoms with Crippen LogP contribution in [0, 0.1) is 0 Å². The van der Waals surface area contributed by atoms with Gasteiger partial charge in [0.1, 0.15) is 30.3 Å². The third kappa shape index (κ3) is 6.12. The van der Waals surface area contributed by atoms with Crippen LogP contribution in [0.2, 0.25) is 5.02 Å². The minimum absolute atomic E-state index is 0.0885. The fourth-order valence-corrected chi connectivity index (χ4v) is 3.41. The molecule has 1 fully saturated rings. The van der Waals surface area contributed by atoms with Gasteiger partial charge in [0.25, 0.3) is 0 Å². The summed E-state index contributed by atoms with van der Waals surface area (Å²) >= 11 is 5.89. The number of rotatable bonds is 9. The summed E-state index contributed by atoms with van der Waals surface area (Å²) in [6, 6.07) is 14.6. The fraction of sp³-hybridized carbons (Fsp3) is 0.381. The van der Waals surface area contributed by atoms with Crippen LogP contribution in [-0.2, 0) is 11.2 Å². The van der Waals surface area contributed by atoms with Crippen molar-refractivity contribution in [3.05, 3.63) is 59.1 Å². The molecule has 7 heteroatoms. The number of halogens is 1. The molecule has 2 atom stereocenters. The topological polar surface area (TPSA) is 85.0 Å². The summed E-state index contributed by atoms with van der Waals surface area (Å²) in [4.78, 5) is 13.3. The van der Waals surface area contributed by atoms with Crippen molar-refractivity contribution in [1.82, 2.24) is 4.90 Å². The molecule has 0 unspecified atom stereocenters. The van der Waals surface area contributed by atoms with Crippen molar-refractivity contribution < 1.29 is 19.4 Å². The first-order chi connectivity index (χ1) is 13.5. The van der Waals surface area contributed by atoms with Gasteiger partial charge < -0.3 is 20.3 Å². The molecule has 0 aromatic heterocycles. The first-order valence-electron chi connectivity index (χ1n) is 9.31. The summed E-state index contributed by atoms with van der Waals surface area (Å²) in [5, 5.41) is 11.0. The summed E-state index contributed by atoms with van der Waals surface area (Å²) in [6.45, 7) is 2.25. The average molecular weight is 405 g/mol. The predicted octanol–water partition coefficient (Wildman–Crippen LogP) is 2.26. The minimum atomic E-state index is -0.643. The lowest BCUT2D eigenvalue weighted by molar-refractivity contribution is -0.117. The van der Waals surface area contributed by atoms with Crippen LogP contribution in [-0.4, -0.2) is 54.4 Å². The summed E-state index contributed by atoms with van der Waals surface area (Å²) in [6.07, 6.45) is 0.459. The number of amides is 1. The molecule has 0 spiro atoms. The zero-order valence-corrected chi connectivity index (χ0v) is 16.3. The van der Waals surface area contributed by atoms with E-state index in [1.165, 1.54) is 0 Å². The number of carbonyl (C=O) groups is 1. The Morgan fingerprint density at radius 1 is 1.25 bits per heavy atom. The van der Waals surface area contributed by atoms with Crippen LogP contribution in [0.5, 0.6) is 11.5 Å². The van der Waals surface area contributed by atoms with Gasteiger partial charge in [0.05, 0.1) is 6.42 Å². The predicted molar refractivity (Wildman–Crippen MR) is 108 cm³/mol. The zero-order chi connectivity index (χ0) is 19.9. The fourth-order valence-electron chi connectivity index (χ4n) is 3.28. The largest absolute Gasteiger partial charge is 0.491 e. The Balaban J connectivity index is 1.44. The van der Waals surface area contributed by atoms with Crippen molar-refractivity contribution in [1.29, 1.82) is 0 Å². The number of nitrogens with two attached hydrogens (primary N) is 1. The van der Waals surface area contributed by atoms with Crippen molar-refractivity contribution in [2.24, 2.45) is 5.73 Å². The van der Waals surface area contributed by atoms with Gasteiger partial charge in [-0.3, -0.25) is 9.69 Å². The molecule has 1 amide bonds. The Morgan fingerprint density at radius 3 is 2.75 bits per heavy atom. The summed E-state index contributed by atoms with van der Waals surface area (Å²) in [5.41, 5.74) is 5.99. The summed E-state index contributed by atoms with van der Waals surface area (Å²) in [5.74, 6) is 0.956. The minimum Gasteiger partial charge on any atom is -0.491 e. The van der Waals surface area contributed by atoms with Gasteiger partial charge in [-0.15, -0.1) is 0 Å². The normalized spacial score (nSPS) is 18.0. The molecule has 28 heavy (non-hydrogen) atoms. The summed E-state index contributed by atoms with van der Waals surface area (Å²) < 4.78 is 11.7. The number of ether oxygens (including phenoxy) is 2. The van der Waals surface area contributed by atoms with E-state index in [1.54, 1.807) is 24.3 Å². The average Bonchev–Trinajstić information content (AvgIpc) is 3.09. The SMILES string of the molecule is NC(=O)Cc1ccccc1OC[C@@H](O)CN1CC[C@@H](Oc2ccc(Cl)cc2)C1. The second kappa shape index (κ2) is 9.78. The van der Waals surface area contributed by atoms with Crippen LogP contribution >= 0.6 is 11.6 Å². The van der Waals surface area contributed by atoms with Gasteiger partial charge in [0.15, 0.2) is 0 Å².